The number of nitrogens with zero attached hydrogens (tertiary/aromatic N) is 2. The Balaban J connectivity index is 1.69. The van der Waals surface area contributed by atoms with Gasteiger partial charge in [-0.05, 0) is 49.3 Å². The van der Waals surface area contributed by atoms with E-state index in [1.165, 1.54) is 5.56 Å². The Kier molecular flexibility index (Phi) is 6.83. The molecule has 29 heavy (non-hydrogen) atoms. The first-order valence-corrected chi connectivity index (χ1v) is 10.9. The van der Waals surface area contributed by atoms with E-state index in [0.29, 0.717) is 31.7 Å². The van der Waals surface area contributed by atoms with Crippen molar-refractivity contribution in [2.75, 3.05) is 26.7 Å². The number of hydrogen-bond donors (Lipinski definition) is 1. The van der Waals surface area contributed by atoms with E-state index < -0.39 is 5.54 Å². The predicted octanol–water partition coefficient (Wildman–Crippen LogP) is 2.81. The zero-order valence-electron chi connectivity index (χ0n) is 18.2. The molecule has 2 aliphatic heterocycles. The molecule has 2 heterocycles. The van der Waals surface area contributed by atoms with Gasteiger partial charge in [-0.1, -0.05) is 32.9 Å². The SMILES string of the molecule is CCCN1C(=O)[C@H](CC(C)C)NC(=O)C12CCN(Cc1ccc(OC)cc1)CC2. The molecule has 2 amide bonds. The molecule has 6 heteroatoms. The number of amides is 2. The average Bonchev–Trinajstić information content (AvgIpc) is 2.71. The van der Waals surface area contributed by atoms with Crippen LogP contribution in [-0.4, -0.2) is 59.9 Å². The van der Waals surface area contributed by atoms with Gasteiger partial charge in [-0.2, -0.15) is 0 Å². The van der Waals surface area contributed by atoms with Gasteiger partial charge in [0, 0.05) is 26.2 Å². The van der Waals surface area contributed by atoms with Gasteiger partial charge in [0.25, 0.3) is 0 Å². The van der Waals surface area contributed by atoms with Crippen LogP contribution in [0.25, 0.3) is 0 Å². The van der Waals surface area contributed by atoms with Crippen LogP contribution >= 0.6 is 0 Å². The average molecular weight is 402 g/mol. The molecule has 0 unspecified atom stereocenters. The van der Waals surface area contributed by atoms with Gasteiger partial charge in [-0.25, -0.2) is 0 Å². The van der Waals surface area contributed by atoms with E-state index in [2.05, 4.69) is 43.1 Å². The van der Waals surface area contributed by atoms with Gasteiger partial charge in [0.15, 0.2) is 0 Å². The van der Waals surface area contributed by atoms with Gasteiger partial charge in [0.1, 0.15) is 17.3 Å². The molecule has 1 aromatic carbocycles. The molecule has 160 valence electrons. The fourth-order valence-electron chi connectivity index (χ4n) is 4.62. The molecule has 0 aromatic heterocycles. The molecule has 1 aromatic rings. The Bertz CT molecular complexity index is 709. The first kappa shape index (κ1) is 21.6. The van der Waals surface area contributed by atoms with Crippen molar-refractivity contribution in [3.05, 3.63) is 29.8 Å². The van der Waals surface area contributed by atoms with Crippen LogP contribution in [0.3, 0.4) is 0 Å². The highest BCUT2D eigenvalue weighted by Crippen LogP contribution is 2.34. The molecule has 3 rings (SSSR count). The molecule has 2 aliphatic rings. The van der Waals surface area contributed by atoms with Crippen molar-refractivity contribution in [3.8, 4) is 5.75 Å². The Hall–Kier alpha value is -2.08. The summed E-state index contributed by atoms with van der Waals surface area (Å²) >= 11 is 0. The smallest absolute Gasteiger partial charge is 0.246 e. The van der Waals surface area contributed by atoms with Crippen molar-refractivity contribution < 1.29 is 14.3 Å². The van der Waals surface area contributed by atoms with Crippen molar-refractivity contribution in [3.63, 3.8) is 0 Å². The van der Waals surface area contributed by atoms with Gasteiger partial charge in [0.2, 0.25) is 11.8 Å². The molecule has 0 saturated carbocycles. The second kappa shape index (κ2) is 9.16. The largest absolute Gasteiger partial charge is 0.497 e. The summed E-state index contributed by atoms with van der Waals surface area (Å²) < 4.78 is 5.23. The second-order valence-electron chi connectivity index (χ2n) is 8.80. The summed E-state index contributed by atoms with van der Waals surface area (Å²) in [6, 6.07) is 7.74. The van der Waals surface area contributed by atoms with E-state index in [9.17, 15) is 9.59 Å². The number of carbonyl (C=O) groups excluding carboxylic acids is 2. The van der Waals surface area contributed by atoms with Crippen LogP contribution in [-0.2, 0) is 16.1 Å². The summed E-state index contributed by atoms with van der Waals surface area (Å²) in [5, 5.41) is 3.06. The zero-order chi connectivity index (χ0) is 21.0. The molecule has 1 N–H and O–H groups in total. The van der Waals surface area contributed by atoms with E-state index >= 15 is 0 Å². The Morgan fingerprint density at radius 1 is 1.17 bits per heavy atom. The number of ether oxygens (including phenoxy) is 1. The van der Waals surface area contributed by atoms with E-state index in [1.807, 2.05) is 17.0 Å². The lowest BCUT2D eigenvalue weighted by atomic mass is 9.80. The molecule has 0 radical (unpaired) electrons. The number of carbonyl (C=O) groups is 2. The summed E-state index contributed by atoms with van der Waals surface area (Å²) in [5.41, 5.74) is 0.546. The number of piperidine rings is 1. The normalized spacial score (nSPS) is 22.2. The van der Waals surface area contributed by atoms with Crippen molar-refractivity contribution in [2.24, 2.45) is 5.92 Å². The third kappa shape index (κ3) is 4.58. The van der Waals surface area contributed by atoms with Crippen LogP contribution in [0.5, 0.6) is 5.75 Å². The standard InChI is InChI=1S/C23H35N3O3/c1-5-12-26-21(27)20(15-17(2)3)24-22(28)23(26)10-13-25(14-11-23)16-18-6-8-19(29-4)9-7-18/h6-9,17,20H,5,10-16H2,1-4H3,(H,24,28)/t20-/m0/s1. The van der Waals surface area contributed by atoms with Crippen molar-refractivity contribution in [2.45, 2.75) is 64.6 Å². The fourth-order valence-corrected chi connectivity index (χ4v) is 4.62. The van der Waals surface area contributed by atoms with Crippen molar-refractivity contribution in [1.82, 2.24) is 15.1 Å². The molecule has 0 bridgehead atoms. The molecule has 2 fully saturated rings. The Morgan fingerprint density at radius 3 is 2.38 bits per heavy atom. The van der Waals surface area contributed by atoms with Gasteiger partial charge in [0.05, 0.1) is 7.11 Å². The number of methoxy groups -OCH3 is 1. The maximum atomic E-state index is 13.2. The van der Waals surface area contributed by atoms with E-state index in [0.717, 1.165) is 31.8 Å². The summed E-state index contributed by atoms with van der Waals surface area (Å²) in [7, 11) is 1.67. The molecular formula is C23H35N3O3. The minimum Gasteiger partial charge on any atom is -0.497 e. The van der Waals surface area contributed by atoms with Crippen LogP contribution in [0.4, 0.5) is 0 Å². The highest BCUT2D eigenvalue weighted by Gasteiger charge is 2.53. The van der Waals surface area contributed by atoms with E-state index in [-0.39, 0.29) is 17.9 Å². The quantitative estimate of drug-likeness (QED) is 0.763. The number of piperazine rings is 1. The van der Waals surface area contributed by atoms with Crippen LogP contribution in [0, 0.1) is 5.92 Å². The molecule has 6 nitrogen and oxygen atoms in total. The number of rotatable bonds is 7. The highest BCUT2D eigenvalue weighted by atomic mass is 16.5. The molecule has 1 atom stereocenters. The molecular weight excluding hydrogens is 366 g/mol. The predicted molar refractivity (Wildman–Crippen MR) is 114 cm³/mol. The minimum absolute atomic E-state index is 0.0419. The lowest BCUT2D eigenvalue weighted by Gasteiger charge is -2.52. The fraction of sp³-hybridized carbons (Fsp3) is 0.652. The summed E-state index contributed by atoms with van der Waals surface area (Å²) in [4.78, 5) is 30.7. The third-order valence-electron chi connectivity index (χ3n) is 6.21. The number of benzene rings is 1. The molecule has 1 spiro atoms. The van der Waals surface area contributed by atoms with Crippen LogP contribution in [0.15, 0.2) is 24.3 Å². The van der Waals surface area contributed by atoms with Gasteiger partial charge in [-0.15, -0.1) is 0 Å². The second-order valence-corrected chi connectivity index (χ2v) is 8.80. The summed E-state index contributed by atoms with van der Waals surface area (Å²) in [5.74, 6) is 1.37. The Labute approximate surface area is 174 Å². The van der Waals surface area contributed by atoms with Crippen molar-refractivity contribution in [1.29, 1.82) is 0 Å². The lowest BCUT2D eigenvalue weighted by Crippen LogP contribution is -2.73. The van der Waals surface area contributed by atoms with Gasteiger partial charge >= 0.3 is 0 Å². The Morgan fingerprint density at radius 2 is 1.83 bits per heavy atom. The van der Waals surface area contributed by atoms with E-state index in [1.54, 1.807) is 7.11 Å². The molecule has 0 aliphatic carbocycles. The topological polar surface area (TPSA) is 61.9 Å². The third-order valence-corrected chi connectivity index (χ3v) is 6.21. The summed E-state index contributed by atoms with van der Waals surface area (Å²) in [6.07, 6.45) is 2.94. The number of likely N-dealkylation sites (tertiary alicyclic amines) is 1. The first-order chi connectivity index (χ1) is 13.9. The van der Waals surface area contributed by atoms with Crippen molar-refractivity contribution >= 4 is 11.8 Å². The zero-order valence-corrected chi connectivity index (χ0v) is 18.2. The monoisotopic (exact) mass is 401 g/mol. The summed E-state index contributed by atoms with van der Waals surface area (Å²) in [6.45, 7) is 9.36. The maximum absolute atomic E-state index is 13.2. The molecule has 2 saturated heterocycles. The number of hydrogen-bond acceptors (Lipinski definition) is 4. The minimum atomic E-state index is -0.684. The van der Waals surface area contributed by atoms with Crippen LogP contribution < -0.4 is 10.1 Å². The van der Waals surface area contributed by atoms with Crippen LogP contribution in [0.1, 0.15) is 52.0 Å². The van der Waals surface area contributed by atoms with Crippen LogP contribution in [0.2, 0.25) is 0 Å². The van der Waals surface area contributed by atoms with E-state index in [4.69, 9.17) is 4.74 Å². The van der Waals surface area contributed by atoms with Gasteiger partial charge in [-0.3, -0.25) is 14.5 Å². The van der Waals surface area contributed by atoms with Gasteiger partial charge < -0.3 is 15.0 Å². The lowest BCUT2D eigenvalue weighted by molar-refractivity contribution is -0.161. The maximum Gasteiger partial charge on any atom is 0.246 e. The number of nitrogens with one attached hydrogen (secondary N) is 1. The highest BCUT2D eigenvalue weighted by molar-refractivity contribution is 6.00. The first-order valence-electron chi connectivity index (χ1n) is 10.9.